The number of methoxy groups -OCH3 is 1. The van der Waals surface area contributed by atoms with Gasteiger partial charge in [0.15, 0.2) is 0 Å². The van der Waals surface area contributed by atoms with E-state index in [2.05, 4.69) is 0 Å². The monoisotopic (exact) mass is 538 g/mol. The lowest BCUT2D eigenvalue weighted by Crippen LogP contribution is -2.56. The second-order valence-corrected chi connectivity index (χ2v) is 10.7. The van der Waals surface area contributed by atoms with E-state index in [0.717, 1.165) is 6.42 Å². The fourth-order valence-corrected chi connectivity index (χ4v) is 6.68. The molecule has 0 saturated carbocycles. The van der Waals surface area contributed by atoms with Crippen LogP contribution in [0, 0.1) is 11.8 Å². The van der Waals surface area contributed by atoms with Crippen molar-refractivity contribution in [3.8, 4) is 5.75 Å². The number of amides is 2. The molecule has 0 aliphatic carbocycles. The van der Waals surface area contributed by atoms with Gasteiger partial charge >= 0.3 is 5.97 Å². The number of unbranched alkanes of at least 4 members (excludes halogenated alkanes) is 2. The van der Waals surface area contributed by atoms with Gasteiger partial charge in [0.1, 0.15) is 28.9 Å². The van der Waals surface area contributed by atoms with Crippen molar-refractivity contribution in [2.24, 2.45) is 11.8 Å². The number of anilines is 1. The fraction of sp³-hybridized carbons (Fsp3) is 0.567. The Morgan fingerprint density at radius 1 is 1.03 bits per heavy atom. The molecule has 5 rings (SSSR count). The lowest BCUT2D eigenvalue weighted by molar-refractivity contribution is -0.159. The van der Waals surface area contributed by atoms with E-state index in [4.69, 9.17) is 14.2 Å². The van der Waals surface area contributed by atoms with Gasteiger partial charge in [-0.25, -0.2) is 0 Å². The summed E-state index contributed by atoms with van der Waals surface area (Å²) in [4.78, 5) is 45.6. The number of nitrogens with zero attached hydrogens (tertiary/aromatic N) is 2. The first kappa shape index (κ1) is 27.4. The highest BCUT2D eigenvalue weighted by Crippen LogP contribution is 2.58. The average molecular weight is 539 g/mol. The third kappa shape index (κ3) is 4.55. The predicted octanol–water partition coefficient (Wildman–Crippen LogP) is 3.01. The number of esters is 1. The minimum Gasteiger partial charge on any atom is -0.497 e. The van der Waals surface area contributed by atoms with Crippen molar-refractivity contribution in [3.05, 3.63) is 48.6 Å². The second-order valence-electron chi connectivity index (χ2n) is 10.7. The number of aliphatic hydroxyl groups excluding tert-OH is 1. The lowest BCUT2D eigenvalue weighted by Gasteiger charge is -2.38. The van der Waals surface area contributed by atoms with Crippen molar-refractivity contribution >= 4 is 23.5 Å². The smallest absolute Gasteiger partial charge is 0.313 e. The Hall–Kier alpha value is -3.17. The third-order valence-electron chi connectivity index (χ3n) is 8.57. The fourth-order valence-electron chi connectivity index (χ4n) is 6.68. The molecule has 39 heavy (non-hydrogen) atoms. The maximum atomic E-state index is 14.4. The van der Waals surface area contributed by atoms with Gasteiger partial charge in [-0.1, -0.05) is 31.2 Å². The Balaban J connectivity index is 1.60. The summed E-state index contributed by atoms with van der Waals surface area (Å²) in [6.45, 7) is 2.92. The van der Waals surface area contributed by atoms with Crippen molar-refractivity contribution in [1.29, 1.82) is 0 Å². The van der Waals surface area contributed by atoms with Crippen molar-refractivity contribution in [1.82, 2.24) is 4.90 Å². The minimum absolute atomic E-state index is 0.0687. The molecule has 1 spiro atoms. The van der Waals surface area contributed by atoms with E-state index in [1.54, 1.807) is 29.0 Å². The quantitative estimate of drug-likeness (QED) is 0.308. The highest BCUT2D eigenvalue weighted by molar-refractivity contribution is 6.05. The van der Waals surface area contributed by atoms with E-state index in [9.17, 15) is 19.5 Å². The summed E-state index contributed by atoms with van der Waals surface area (Å²) in [5.74, 6) is -2.03. The summed E-state index contributed by atoms with van der Waals surface area (Å²) < 4.78 is 17.9. The molecule has 1 aromatic rings. The van der Waals surface area contributed by atoms with Crippen LogP contribution in [0.1, 0.15) is 45.4 Å². The molecule has 1 aromatic carbocycles. The Kier molecular flexibility index (Phi) is 7.82. The van der Waals surface area contributed by atoms with Crippen LogP contribution in [0.3, 0.4) is 0 Å². The zero-order chi connectivity index (χ0) is 27.6. The highest BCUT2D eigenvalue weighted by Gasteiger charge is 2.75. The minimum atomic E-state index is -1.31. The predicted molar refractivity (Wildman–Crippen MR) is 144 cm³/mol. The summed E-state index contributed by atoms with van der Waals surface area (Å²) >= 11 is 0. The molecule has 5 atom stereocenters. The van der Waals surface area contributed by atoms with Gasteiger partial charge in [0, 0.05) is 25.4 Å². The summed E-state index contributed by atoms with van der Waals surface area (Å²) in [6.07, 6.45) is 11.5. The van der Waals surface area contributed by atoms with Crippen molar-refractivity contribution in [2.45, 2.75) is 62.7 Å². The first-order valence-electron chi connectivity index (χ1n) is 14.0. The number of aliphatic hydroxyl groups is 1. The van der Waals surface area contributed by atoms with E-state index in [1.165, 1.54) is 0 Å². The number of carbonyl (C=O) groups is 3. The molecule has 0 bridgehead atoms. The molecule has 0 aromatic heterocycles. The number of carbonyl (C=O) groups excluding carboxylic acids is 3. The molecule has 4 heterocycles. The molecule has 1 N–H and O–H groups in total. The van der Waals surface area contributed by atoms with Crippen LogP contribution in [0.4, 0.5) is 5.69 Å². The first-order valence-corrected chi connectivity index (χ1v) is 14.0. The van der Waals surface area contributed by atoms with Crippen LogP contribution in [0.5, 0.6) is 5.75 Å². The lowest BCUT2D eigenvalue weighted by atomic mass is 9.73. The van der Waals surface area contributed by atoms with Gasteiger partial charge in [-0.3, -0.25) is 14.4 Å². The number of benzene rings is 1. The van der Waals surface area contributed by atoms with E-state index in [1.807, 2.05) is 43.4 Å². The number of allylic oxidation sites excluding steroid dienone is 1. The van der Waals surface area contributed by atoms with Gasteiger partial charge < -0.3 is 29.1 Å². The number of likely N-dealkylation sites (tertiary alicyclic amines) is 1. The van der Waals surface area contributed by atoms with Gasteiger partial charge in [0.2, 0.25) is 5.91 Å². The molecule has 2 fully saturated rings. The molecule has 1 unspecified atom stereocenters. The normalized spacial score (nSPS) is 32.9. The van der Waals surface area contributed by atoms with Crippen molar-refractivity contribution in [2.75, 3.05) is 38.3 Å². The first-order chi connectivity index (χ1) is 18.9. The number of hydrogen-bond donors (Lipinski definition) is 1. The van der Waals surface area contributed by atoms with Gasteiger partial charge in [0.25, 0.3) is 5.91 Å². The topological polar surface area (TPSA) is 106 Å². The van der Waals surface area contributed by atoms with Crippen LogP contribution in [0.2, 0.25) is 0 Å². The Morgan fingerprint density at radius 2 is 1.82 bits per heavy atom. The van der Waals surface area contributed by atoms with Gasteiger partial charge in [0.05, 0.1) is 19.6 Å². The van der Waals surface area contributed by atoms with E-state index in [0.29, 0.717) is 56.6 Å². The molecule has 2 saturated heterocycles. The molecular weight excluding hydrogens is 500 g/mol. The van der Waals surface area contributed by atoms with Crippen LogP contribution in [0.15, 0.2) is 48.6 Å². The highest BCUT2D eigenvalue weighted by atomic mass is 16.6. The maximum Gasteiger partial charge on any atom is 0.313 e. The molecular formula is C30H38N2O7. The van der Waals surface area contributed by atoms with E-state index in [-0.39, 0.29) is 25.0 Å². The molecule has 4 aliphatic rings. The molecule has 9 heteroatoms. The number of hydrogen-bond acceptors (Lipinski definition) is 7. The Morgan fingerprint density at radius 3 is 2.54 bits per heavy atom. The molecule has 0 radical (unpaired) electrons. The molecule has 210 valence electrons. The van der Waals surface area contributed by atoms with Crippen LogP contribution in [-0.2, 0) is 23.9 Å². The summed E-state index contributed by atoms with van der Waals surface area (Å²) in [5.41, 5.74) is -1.68. The van der Waals surface area contributed by atoms with E-state index >= 15 is 0 Å². The van der Waals surface area contributed by atoms with Gasteiger partial charge in [-0.2, -0.15) is 0 Å². The van der Waals surface area contributed by atoms with Crippen LogP contribution in [0.25, 0.3) is 0 Å². The van der Waals surface area contributed by atoms with E-state index < -0.39 is 35.0 Å². The van der Waals surface area contributed by atoms with Gasteiger partial charge in [-0.15, -0.1) is 0 Å². The number of ether oxygens (including phenoxy) is 3. The molecule has 2 amide bonds. The summed E-state index contributed by atoms with van der Waals surface area (Å²) in [5, 5.41) is 9.25. The third-order valence-corrected chi connectivity index (χ3v) is 8.57. The zero-order valence-corrected chi connectivity index (χ0v) is 22.7. The van der Waals surface area contributed by atoms with Crippen LogP contribution in [-0.4, -0.2) is 78.4 Å². The van der Waals surface area contributed by atoms with Crippen LogP contribution < -0.4 is 9.64 Å². The van der Waals surface area contributed by atoms with Crippen LogP contribution >= 0.6 is 0 Å². The number of fused-ring (bicyclic) bond motifs is 2. The largest absolute Gasteiger partial charge is 0.497 e. The van der Waals surface area contributed by atoms with Gasteiger partial charge in [-0.05, 0) is 62.8 Å². The summed E-state index contributed by atoms with van der Waals surface area (Å²) in [7, 11) is 1.59. The van der Waals surface area contributed by atoms with Crippen molar-refractivity contribution < 1.29 is 33.7 Å². The second kappa shape index (κ2) is 11.1. The maximum absolute atomic E-state index is 14.4. The SMILES string of the molecule is CC[C@@]12/C=C\CCCOC(=O)[C@@H]1[C@H]1C(=O)N(CCCCCO)C3C(=O)N(c4ccc(OC)cc4)CC=C[C@@]31O2. The Bertz CT molecular complexity index is 1150. The number of cyclic esters (lactones) is 1. The Labute approximate surface area is 229 Å². The molecule has 9 nitrogen and oxygen atoms in total. The molecule has 4 aliphatic heterocycles. The average Bonchev–Trinajstić information content (AvgIpc) is 3.32. The standard InChI is InChI=1S/C30H38N2O7/c1-3-29-15-6-4-9-20-38-28(36)24(29)23-26(34)32(17-7-5-8-19-33)25-27(35)31(18-10-16-30(23,25)39-29)21-11-13-22(37-2)14-12-21/h6,10-16,23-25,33H,3-5,7-9,17-20H2,1-2H3/b15-6-/t23-,24-,25?,29+,30-/m0/s1. The van der Waals surface area contributed by atoms with Crippen molar-refractivity contribution in [3.63, 3.8) is 0 Å². The summed E-state index contributed by atoms with van der Waals surface area (Å²) in [6, 6.07) is 6.30. The zero-order valence-electron chi connectivity index (χ0n) is 22.7. The number of rotatable bonds is 8.